The molecule has 25 heavy (non-hydrogen) atoms. The van der Waals surface area contributed by atoms with Gasteiger partial charge in [-0.15, -0.1) is 0 Å². The zero-order valence-corrected chi connectivity index (χ0v) is 13.9. The number of alkyl halides is 2. The van der Waals surface area contributed by atoms with Crippen molar-refractivity contribution >= 4 is 0 Å². The highest BCUT2D eigenvalue weighted by Crippen LogP contribution is 2.24. The second-order valence-corrected chi connectivity index (χ2v) is 5.74. The van der Waals surface area contributed by atoms with Gasteiger partial charge < -0.3 is 4.74 Å². The standard InChI is InChI=1S/C20H20F4O/c1-2-3-14-4-6-15(7-5-14)8-9-16-12-17(21)20(18(22)13-16)25-11-10-19(23)24/h4-7,10-13,19H,2-3,8-9H2,1H3. The second-order valence-electron chi connectivity index (χ2n) is 5.74. The summed E-state index contributed by atoms with van der Waals surface area (Å²) in [6.07, 6.45) is 1.48. The van der Waals surface area contributed by atoms with Gasteiger partial charge in [0.2, 0.25) is 0 Å². The van der Waals surface area contributed by atoms with E-state index in [0.29, 0.717) is 30.7 Å². The maximum absolute atomic E-state index is 13.9. The topological polar surface area (TPSA) is 9.23 Å². The van der Waals surface area contributed by atoms with Crippen molar-refractivity contribution in [2.45, 2.75) is 39.0 Å². The summed E-state index contributed by atoms with van der Waals surface area (Å²) >= 11 is 0. The number of aryl methyl sites for hydroxylation is 3. The van der Waals surface area contributed by atoms with Gasteiger partial charge in [0.1, 0.15) is 0 Å². The Hall–Kier alpha value is -2.30. The van der Waals surface area contributed by atoms with Crippen molar-refractivity contribution in [3.05, 3.63) is 77.1 Å². The van der Waals surface area contributed by atoms with Crippen LogP contribution >= 0.6 is 0 Å². The van der Waals surface area contributed by atoms with Crippen LogP contribution in [0.5, 0.6) is 5.75 Å². The average molecular weight is 352 g/mol. The Labute approximate surface area is 144 Å². The van der Waals surface area contributed by atoms with Crippen LogP contribution in [-0.4, -0.2) is 6.43 Å². The van der Waals surface area contributed by atoms with E-state index in [-0.39, 0.29) is 0 Å². The molecule has 0 aliphatic heterocycles. The van der Waals surface area contributed by atoms with E-state index >= 15 is 0 Å². The zero-order chi connectivity index (χ0) is 18.2. The van der Waals surface area contributed by atoms with E-state index in [1.54, 1.807) is 0 Å². The summed E-state index contributed by atoms with van der Waals surface area (Å²) in [5.74, 6) is -2.50. The molecule has 1 nitrogen and oxygen atoms in total. The van der Waals surface area contributed by atoms with Gasteiger partial charge in [0.05, 0.1) is 6.26 Å². The van der Waals surface area contributed by atoms with E-state index in [1.807, 2.05) is 12.1 Å². The molecular formula is C20H20F4O. The molecule has 0 amide bonds. The van der Waals surface area contributed by atoms with Gasteiger partial charge in [0.15, 0.2) is 17.4 Å². The largest absolute Gasteiger partial charge is 0.459 e. The quantitative estimate of drug-likeness (QED) is 0.427. The lowest BCUT2D eigenvalue weighted by Gasteiger charge is -2.08. The summed E-state index contributed by atoms with van der Waals surface area (Å²) in [5.41, 5.74) is 2.83. The van der Waals surface area contributed by atoms with Crippen LogP contribution in [0.3, 0.4) is 0 Å². The number of rotatable bonds is 8. The minimum atomic E-state index is -2.74. The highest BCUT2D eigenvalue weighted by Gasteiger charge is 2.12. The third kappa shape index (κ3) is 5.93. The Balaban J connectivity index is 2.00. The maximum atomic E-state index is 13.9. The molecule has 0 fully saturated rings. The van der Waals surface area contributed by atoms with Crippen molar-refractivity contribution < 1.29 is 22.3 Å². The minimum Gasteiger partial charge on any atom is -0.459 e. The van der Waals surface area contributed by atoms with Gasteiger partial charge in [0.25, 0.3) is 6.43 Å². The van der Waals surface area contributed by atoms with Crippen molar-refractivity contribution in [2.24, 2.45) is 0 Å². The van der Waals surface area contributed by atoms with Gasteiger partial charge in [-0.1, -0.05) is 37.6 Å². The molecule has 0 saturated heterocycles. The molecule has 2 rings (SSSR count). The molecule has 0 aliphatic rings. The van der Waals surface area contributed by atoms with Gasteiger partial charge in [-0.3, -0.25) is 0 Å². The van der Waals surface area contributed by atoms with Crippen LogP contribution in [0.4, 0.5) is 17.6 Å². The molecule has 0 aliphatic carbocycles. The van der Waals surface area contributed by atoms with Crippen LogP contribution in [0.15, 0.2) is 48.7 Å². The van der Waals surface area contributed by atoms with E-state index in [1.165, 1.54) is 17.7 Å². The number of hydrogen-bond donors (Lipinski definition) is 0. The first-order valence-electron chi connectivity index (χ1n) is 8.16. The summed E-state index contributed by atoms with van der Waals surface area (Å²) in [6.45, 7) is 2.12. The van der Waals surface area contributed by atoms with E-state index in [9.17, 15) is 17.6 Å². The molecular weight excluding hydrogens is 332 g/mol. The van der Waals surface area contributed by atoms with Crippen LogP contribution in [0, 0.1) is 11.6 Å². The molecule has 0 aromatic heterocycles. The molecule has 0 unspecified atom stereocenters. The van der Waals surface area contributed by atoms with Crippen LogP contribution in [0.1, 0.15) is 30.0 Å². The lowest BCUT2D eigenvalue weighted by molar-refractivity contribution is 0.200. The third-order valence-electron chi connectivity index (χ3n) is 3.73. The van der Waals surface area contributed by atoms with Crippen LogP contribution in [0.2, 0.25) is 0 Å². The molecule has 0 saturated carbocycles. The summed E-state index contributed by atoms with van der Waals surface area (Å²) < 4.78 is 56.4. The summed E-state index contributed by atoms with van der Waals surface area (Å²) in [7, 11) is 0. The fourth-order valence-corrected chi connectivity index (χ4v) is 2.49. The smallest absolute Gasteiger partial charge is 0.260 e. The number of benzene rings is 2. The molecule has 0 N–H and O–H groups in total. The first-order chi connectivity index (χ1) is 12.0. The lowest BCUT2D eigenvalue weighted by Crippen LogP contribution is -1.98. The minimum absolute atomic E-state index is 0.412. The second kappa shape index (κ2) is 9.25. The molecule has 0 spiro atoms. The van der Waals surface area contributed by atoms with E-state index in [0.717, 1.165) is 18.4 Å². The number of halogens is 4. The first-order valence-corrected chi connectivity index (χ1v) is 8.16. The first kappa shape index (κ1) is 19.0. The monoisotopic (exact) mass is 352 g/mol. The van der Waals surface area contributed by atoms with E-state index < -0.39 is 23.8 Å². The van der Waals surface area contributed by atoms with Crippen molar-refractivity contribution in [1.29, 1.82) is 0 Å². The normalized spacial score (nSPS) is 11.4. The summed E-state index contributed by atoms with van der Waals surface area (Å²) in [4.78, 5) is 0. The Bertz CT molecular complexity index is 685. The SMILES string of the molecule is CCCc1ccc(CCc2cc(F)c(OC=CC(F)F)c(F)c2)cc1. The Kier molecular flexibility index (Phi) is 7.04. The Morgan fingerprint density at radius 2 is 1.40 bits per heavy atom. The van der Waals surface area contributed by atoms with Gasteiger partial charge in [-0.25, -0.2) is 17.6 Å². The fourth-order valence-electron chi connectivity index (χ4n) is 2.49. The molecule has 0 bridgehead atoms. The van der Waals surface area contributed by atoms with Crippen molar-refractivity contribution in [2.75, 3.05) is 0 Å². The van der Waals surface area contributed by atoms with Crippen LogP contribution < -0.4 is 4.74 Å². The van der Waals surface area contributed by atoms with Crippen molar-refractivity contribution in [3.63, 3.8) is 0 Å². The van der Waals surface area contributed by atoms with Gasteiger partial charge in [-0.05, 0) is 48.1 Å². The number of ether oxygens (including phenoxy) is 1. The zero-order valence-electron chi connectivity index (χ0n) is 13.9. The maximum Gasteiger partial charge on any atom is 0.260 e. The van der Waals surface area contributed by atoms with Gasteiger partial charge in [-0.2, -0.15) is 0 Å². The van der Waals surface area contributed by atoms with Gasteiger partial charge >= 0.3 is 0 Å². The molecule has 2 aromatic carbocycles. The van der Waals surface area contributed by atoms with Crippen molar-refractivity contribution in [3.8, 4) is 5.75 Å². The lowest BCUT2D eigenvalue weighted by atomic mass is 10.0. The average Bonchev–Trinajstić information content (AvgIpc) is 2.57. The predicted octanol–water partition coefficient (Wildman–Crippen LogP) is 5.86. The highest BCUT2D eigenvalue weighted by molar-refractivity contribution is 5.33. The summed E-state index contributed by atoms with van der Waals surface area (Å²) in [5, 5.41) is 0. The van der Waals surface area contributed by atoms with Crippen LogP contribution in [0.25, 0.3) is 0 Å². The van der Waals surface area contributed by atoms with E-state index in [2.05, 4.69) is 23.8 Å². The Morgan fingerprint density at radius 3 is 1.92 bits per heavy atom. The Morgan fingerprint density at radius 1 is 0.880 bits per heavy atom. The molecule has 5 heteroatoms. The molecule has 0 heterocycles. The highest BCUT2D eigenvalue weighted by atomic mass is 19.3. The molecule has 0 radical (unpaired) electrons. The fraction of sp³-hybridized carbons (Fsp3) is 0.300. The molecule has 2 aromatic rings. The van der Waals surface area contributed by atoms with Gasteiger partial charge in [0, 0.05) is 6.08 Å². The number of allylic oxidation sites excluding steroid dienone is 1. The third-order valence-corrected chi connectivity index (χ3v) is 3.73. The summed E-state index contributed by atoms with van der Waals surface area (Å²) in [6, 6.07) is 10.5. The number of hydrogen-bond acceptors (Lipinski definition) is 1. The van der Waals surface area contributed by atoms with Crippen molar-refractivity contribution in [1.82, 2.24) is 0 Å². The van der Waals surface area contributed by atoms with Crippen LogP contribution in [-0.2, 0) is 19.3 Å². The predicted molar refractivity (Wildman–Crippen MR) is 90.0 cm³/mol. The molecule has 0 atom stereocenters. The molecule has 134 valence electrons. The van der Waals surface area contributed by atoms with E-state index in [4.69, 9.17) is 0 Å².